The van der Waals surface area contributed by atoms with Crippen molar-refractivity contribution in [3.63, 3.8) is 0 Å². The molecule has 0 saturated heterocycles. The molecular weight excluding hydrogens is 344 g/mol. The number of nitrogens with zero attached hydrogens (tertiary/aromatic N) is 1. The Kier molecular flexibility index (Phi) is 6.00. The molecule has 1 N–H and O–H groups in total. The summed E-state index contributed by atoms with van der Waals surface area (Å²) in [5, 5.41) is 18.2. The molecule has 0 aliphatic heterocycles. The summed E-state index contributed by atoms with van der Waals surface area (Å²) in [5.74, 6) is -0.746. The van der Waals surface area contributed by atoms with Crippen molar-refractivity contribution in [1.29, 1.82) is 5.41 Å². The molecule has 22 heavy (non-hydrogen) atoms. The number of hydrogen-bond acceptors (Lipinski definition) is 3. The van der Waals surface area contributed by atoms with E-state index in [0.29, 0.717) is 0 Å². The van der Waals surface area contributed by atoms with Crippen LogP contribution in [0.3, 0.4) is 0 Å². The molecule has 1 aromatic heterocycles. The van der Waals surface area contributed by atoms with E-state index in [1.165, 1.54) is 6.20 Å². The predicted molar refractivity (Wildman–Crippen MR) is 88.8 cm³/mol. The topological polar surface area (TPSA) is 67.9 Å². The molecule has 4 nitrogen and oxygen atoms in total. The van der Waals surface area contributed by atoms with Gasteiger partial charge in [-0.3, -0.25) is 4.79 Å². The van der Waals surface area contributed by atoms with Gasteiger partial charge in [-0.05, 0) is 43.9 Å². The quantitative estimate of drug-likeness (QED) is 0.391. The summed E-state index contributed by atoms with van der Waals surface area (Å²) >= 11 is 0. The number of hydrogen-bond donors (Lipinski definition) is 1. The second-order valence-corrected chi connectivity index (χ2v) is 5.29. The average molecular weight is 363 g/mol. The molecule has 0 fully saturated rings. The SMILES string of the molecule is Br.Cc1cc(C)c(C(=O)C[n+]2cccc(C(=N)[O-])c2)c(C)c1. The van der Waals surface area contributed by atoms with Gasteiger partial charge < -0.3 is 10.5 Å². The number of nitrogens with one attached hydrogen (secondary N) is 1. The lowest BCUT2D eigenvalue weighted by molar-refractivity contribution is -0.683. The first-order chi connectivity index (χ1) is 9.88. The lowest BCUT2D eigenvalue weighted by Gasteiger charge is -2.09. The van der Waals surface area contributed by atoms with Gasteiger partial charge in [0.05, 0.1) is 0 Å². The van der Waals surface area contributed by atoms with Gasteiger partial charge in [-0.15, -0.1) is 17.0 Å². The summed E-state index contributed by atoms with van der Waals surface area (Å²) in [6, 6.07) is 7.23. The standard InChI is InChI=1S/C17H18N2O2.BrH/c1-11-7-12(2)16(13(3)8-11)15(20)10-19-6-4-5-14(9-19)17(18)21;/h4-9H,10H2,1-3H3,(H-,18,21);1H. The fourth-order valence-corrected chi connectivity index (χ4v) is 2.62. The third-order valence-corrected chi connectivity index (χ3v) is 3.40. The summed E-state index contributed by atoms with van der Waals surface area (Å²) in [4.78, 5) is 12.5. The Labute approximate surface area is 140 Å². The summed E-state index contributed by atoms with van der Waals surface area (Å²) in [6.07, 6.45) is 3.26. The maximum absolute atomic E-state index is 12.5. The third-order valence-electron chi connectivity index (χ3n) is 3.40. The van der Waals surface area contributed by atoms with E-state index in [2.05, 4.69) is 0 Å². The Morgan fingerprint density at radius 1 is 1.23 bits per heavy atom. The van der Waals surface area contributed by atoms with Crippen molar-refractivity contribution >= 4 is 28.7 Å². The van der Waals surface area contributed by atoms with Crippen LogP contribution in [0.15, 0.2) is 36.7 Å². The second kappa shape index (κ2) is 7.31. The molecule has 5 heteroatoms. The van der Waals surface area contributed by atoms with Crippen LogP contribution < -0.4 is 9.67 Å². The molecule has 0 amide bonds. The van der Waals surface area contributed by atoms with E-state index >= 15 is 0 Å². The number of ketones is 1. The highest BCUT2D eigenvalue weighted by molar-refractivity contribution is 8.93. The summed E-state index contributed by atoms with van der Waals surface area (Å²) < 4.78 is 1.64. The summed E-state index contributed by atoms with van der Waals surface area (Å²) in [5.41, 5.74) is 4.08. The fraction of sp³-hybridized carbons (Fsp3) is 0.235. The Balaban J connectivity index is 0.00000242. The largest absolute Gasteiger partial charge is 0.859 e. The van der Waals surface area contributed by atoms with Crippen molar-refractivity contribution < 1.29 is 14.5 Å². The molecule has 1 heterocycles. The molecule has 116 valence electrons. The van der Waals surface area contributed by atoms with Crippen LogP contribution in [-0.4, -0.2) is 11.7 Å². The predicted octanol–water partition coefficient (Wildman–Crippen LogP) is 2.05. The van der Waals surface area contributed by atoms with Crippen molar-refractivity contribution in [2.75, 3.05) is 0 Å². The molecule has 2 rings (SSSR count). The molecule has 0 atom stereocenters. The fourth-order valence-electron chi connectivity index (χ4n) is 2.62. The van der Waals surface area contributed by atoms with Gasteiger partial charge in [-0.1, -0.05) is 17.7 Å². The molecule has 0 bridgehead atoms. The van der Waals surface area contributed by atoms with E-state index in [-0.39, 0.29) is 34.9 Å². The van der Waals surface area contributed by atoms with Gasteiger partial charge in [0.25, 0.3) is 0 Å². The Bertz CT molecular complexity index is 703. The highest BCUT2D eigenvalue weighted by Crippen LogP contribution is 2.17. The number of aromatic nitrogens is 1. The van der Waals surface area contributed by atoms with Crippen molar-refractivity contribution in [1.82, 2.24) is 0 Å². The maximum Gasteiger partial charge on any atom is 0.228 e. The van der Waals surface area contributed by atoms with Crippen LogP contribution in [0.5, 0.6) is 0 Å². The van der Waals surface area contributed by atoms with Gasteiger partial charge in [0.15, 0.2) is 12.4 Å². The van der Waals surface area contributed by atoms with E-state index in [0.717, 1.165) is 22.3 Å². The maximum atomic E-state index is 12.5. The minimum absolute atomic E-state index is 0. The van der Waals surface area contributed by atoms with Gasteiger partial charge >= 0.3 is 0 Å². The number of carbonyl (C=O) groups excluding carboxylic acids is 1. The number of aryl methyl sites for hydroxylation is 3. The Hall–Kier alpha value is -2.01. The number of benzene rings is 1. The van der Waals surface area contributed by atoms with Crippen molar-refractivity contribution in [2.45, 2.75) is 27.3 Å². The van der Waals surface area contributed by atoms with E-state index in [1.54, 1.807) is 22.9 Å². The third kappa shape index (κ3) is 4.01. The summed E-state index contributed by atoms with van der Waals surface area (Å²) in [7, 11) is 0. The average Bonchev–Trinajstić information content (AvgIpc) is 2.37. The molecular formula is C17H19BrN2O2. The second-order valence-electron chi connectivity index (χ2n) is 5.29. The van der Waals surface area contributed by atoms with E-state index < -0.39 is 5.90 Å². The van der Waals surface area contributed by atoms with Crippen LogP contribution in [0.4, 0.5) is 0 Å². The lowest BCUT2D eigenvalue weighted by Crippen LogP contribution is -2.39. The molecule has 2 aromatic rings. The minimum atomic E-state index is -0.750. The van der Waals surface area contributed by atoms with Gasteiger partial charge in [0.1, 0.15) is 0 Å². The zero-order chi connectivity index (χ0) is 15.6. The summed E-state index contributed by atoms with van der Waals surface area (Å²) in [6.45, 7) is 6.03. The molecule has 0 saturated carbocycles. The number of Topliss-reactive ketones (excluding diaryl/α,β-unsaturated/α-hetero) is 1. The van der Waals surface area contributed by atoms with Crippen LogP contribution in [0.1, 0.15) is 32.6 Å². The van der Waals surface area contributed by atoms with Gasteiger partial charge in [-0.2, -0.15) is 4.57 Å². The monoisotopic (exact) mass is 362 g/mol. The molecule has 0 unspecified atom stereocenters. The molecule has 0 radical (unpaired) electrons. The first-order valence-corrected chi connectivity index (χ1v) is 6.74. The highest BCUT2D eigenvalue weighted by atomic mass is 79.9. The number of rotatable bonds is 4. The lowest BCUT2D eigenvalue weighted by atomic mass is 9.96. The molecule has 0 aliphatic carbocycles. The van der Waals surface area contributed by atoms with Crippen LogP contribution in [0.25, 0.3) is 0 Å². The van der Waals surface area contributed by atoms with Gasteiger partial charge in [0, 0.05) is 17.2 Å². The number of halogens is 1. The first kappa shape index (κ1) is 18.0. The Morgan fingerprint density at radius 3 is 2.36 bits per heavy atom. The van der Waals surface area contributed by atoms with Crippen molar-refractivity contribution in [3.8, 4) is 0 Å². The van der Waals surface area contributed by atoms with E-state index in [9.17, 15) is 9.90 Å². The van der Waals surface area contributed by atoms with Crippen LogP contribution in [0, 0.1) is 26.2 Å². The number of pyridine rings is 1. The van der Waals surface area contributed by atoms with Gasteiger partial charge in [-0.25, -0.2) is 0 Å². The van der Waals surface area contributed by atoms with Crippen LogP contribution in [0.2, 0.25) is 0 Å². The zero-order valence-corrected chi connectivity index (χ0v) is 14.6. The van der Waals surface area contributed by atoms with Crippen molar-refractivity contribution in [3.05, 3.63) is 64.5 Å². The number of carbonyl (C=O) groups is 1. The van der Waals surface area contributed by atoms with Crippen LogP contribution >= 0.6 is 17.0 Å². The van der Waals surface area contributed by atoms with E-state index in [1.807, 2.05) is 32.9 Å². The first-order valence-electron chi connectivity index (χ1n) is 6.74. The smallest absolute Gasteiger partial charge is 0.228 e. The molecule has 0 aliphatic rings. The zero-order valence-electron chi connectivity index (χ0n) is 12.8. The molecule has 1 aromatic carbocycles. The minimum Gasteiger partial charge on any atom is -0.859 e. The molecule has 0 spiro atoms. The Morgan fingerprint density at radius 2 is 1.82 bits per heavy atom. The van der Waals surface area contributed by atoms with Crippen molar-refractivity contribution in [2.24, 2.45) is 0 Å². The van der Waals surface area contributed by atoms with Crippen LogP contribution in [-0.2, 0) is 6.54 Å². The normalized spacial score (nSPS) is 9.95. The van der Waals surface area contributed by atoms with Gasteiger partial charge in [0.2, 0.25) is 12.3 Å². The highest BCUT2D eigenvalue weighted by Gasteiger charge is 2.17. The van der Waals surface area contributed by atoms with E-state index in [4.69, 9.17) is 5.41 Å².